The SMILES string of the molecule is O=C(O)C1(Sc2ccc(F)cc2)CCNCC1. The van der Waals surface area contributed by atoms with Crippen LogP contribution in [-0.2, 0) is 4.79 Å². The van der Waals surface area contributed by atoms with Gasteiger partial charge in [0, 0.05) is 4.90 Å². The molecule has 1 aliphatic rings. The molecular formula is C12H14FNO2S. The Morgan fingerprint density at radius 2 is 1.88 bits per heavy atom. The van der Waals surface area contributed by atoms with Gasteiger partial charge in [0.15, 0.2) is 0 Å². The molecule has 0 atom stereocenters. The van der Waals surface area contributed by atoms with E-state index in [9.17, 15) is 14.3 Å². The molecule has 1 heterocycles. The number of carboxylic acid groups (broad SMARTS) is 1. The zero-order valence-corrected chi connectivity index (χ0v) is 10.1. The third-order valence-corrected chi connectivity index (χ3v) is 4.41. The first-order valence-electron chi connectivity index (χ1n) is 5.51. The largest absolute Gasteiger partial charge is 0.480 e. The van der Waals surface area contributed by atoms with Crippen molar-refractivity contribution in [2.75, 3.05) is 13.1 Å². The molecule has 1 aliphatic heterocycles. The molecule has 2 rings (SSSR count). The number of halogens is 1. The van der Waals surface area contributed by atoms with Gasteiger partial charge in [-0.2, -0.15) is 0 Å². The highest BCUT2D eigenvalue weighted by Gasteiger charge is 2.40. The number of piperidine rings is 1. The van der Waals surface area contributed by atoms with Crippen LogP contribution >= 0.6 is 11.8 Å². The summed E-state index contributed by atoms with van der Waals surface area (Å²) >= 11 is 1.32. The van der Waals surface area contributed by atoms with Gasteiger partial charge in [0.1, 0.15) is 10.6 Å². The maximum atomic E-state index is 12.8. The Morgan fingerprint density at radius 3 is 2.41 bits per heavy atom. The van der Waals surface area contributed by atoms with E-state index in [1.807, 2.05) is 0 Å². The van der Waals surface area contributed by atoms with E-state index in [0.29, 0.717) is 25.9 Å². The van der Waals surface area contributed by atoms with E-state index in [1.165, 1.54) is 23.9 Å². The zero-order chi connectivity index (χ0) is 12.3. The van der Waals surface area contributed by atoms with E-state index in [2.05, 4.69) is 5.32 Å². The van der Waals surface area contributed by atoms with Gasteiger partial charge >= 0.3 is 5.97 Å². The maximum absolute atomic E-state index is 12.8. The van der Waals surface area contributed by atoms with Crippen molar-refractivity contribution in [2.24, 2.45) is 0 Å². The number of aliphatic carboxylic acids is 1. The van der Waals surface area contributed by atoms with Gasteiger partial charge in [-0.1, -0.05) is 0 Å². The highest BCUT2D eigenvalue weighted by atomic mass is 32.2. The average Bonchev–Trinajstić information content (AvgIpc) is 2.33. The van der Waals surface area contributed by atoms with Crippen LogP contribution in [0.4, 0.5) is 4.39 Å². The number of carbonyl (C=O) groups is 1. The Bertz CT molecular complexity index is 401. The van der Waals surface area contributed by atoms with Crippen molar-refractivity contribution >= 4 is 17.7 Å². The van der Waals surface area contributed by atoms with Crippen LogP contribution in [0.25, 0.3) is 0 Å². The van der Waals surface area contributed by atoms with Gasteiger partial charge in [-0.05, 0) is 50.2 Å². The number of thioether (sulfide) groups is 1. The van der Waals surface area contributed by atoms with E-state index in [0.717, 1.165) is 4.90 Å². The lowest BCUT2D eigenvalue weighted by Crippen LogP contribution is -2.45. The lowest BCUT2D eigenvalue weighted by molar-refractivity contribution is -0.140. The molecule has 17 heavy (non-hydrogen) atoms. The second-order valence-corrected chi connectivity index (χ2v) is 5.56. The number of carboxylic acids is 1. The lowest BCUT2D eigenvalue weighted by Gasteiger charge is -2.32. The van der Waals surface area contributed by atoms with Crippen LogP contribution in [0.3, 0.4) is 0 Å². The van der Waals surface area contributed by atoms with Crippen molar-refractivity contribution < 1.29 is 14.3 Å². The Labute approximate surface area is 103 Å². The molecule has 5 heteroatoms. The highest BCUT2D eigenvalue weighted by molar-refractivity contribution is 8.01. The summed E-state index contributed by atoms with van der Waals surface area (Å²) in [4.78, 5) is 12.2. The van der Waals surface area contributed by atoms with Crippen molar-refractivity contribution in [3.8, 4) is 0 Å². The van der Waals surface area contributed by atoms with E-state index in [4.69, 9.17) is 0 Å². The molecule has 0 aliphatic carbocycles. The van der Waals surface area contributed by atoms with Crippen molar-refractivity contribution in [1.82, 2.24) is 5.32 Å². The van der Waals surface area contributed by atoms with Crippen LogP contribution in [0.15, 0.2) is 29.2 Å². The van der Waals surface area contributed by atoms with Crippen LogP contribution in [0.2, 0.25) is 0 Å². The maximum Gasteiger partial charge on any atom is 0.320 e. The van der Waals surface area contributed by atoms with Gasteiger partial charge < -0.3 is 10.4 Å². The lowest BCUT2D eigenvalue weighted by atomic mass is 9.97. The molecule has 0 amide bonds. The quantitative estimate of drug-likeness (QED) is 0.868. The van der Waals surface area contributed by atoms with Gasteiger partial charge in [-0.25, -0.2) is 4.39 Å². The smallest absolute Gasteiger partial charge is 0.320 e. The molecule has 0 saturated carbocycles. The van der Waals surface area contributed by atoms with Crippen LogP contribution in [0.1, 0.15) is 12.8 Å². The minimum Gasteiger partial charge on any atom is -0.480 e. The summed E-state index contributed by atoms with van der Waals surface area (Å²) in [5.41, 5.74) is 0. The van der Waals surface area contributed by atoms with Gasteiger partial charge in [0.05, 0.1) is 0 Å². The summed E-state index contributed by atoms with van der Waals surface area (Å²) in [6.45, 7) is 1.42. The molecular weight excluding hydrogens is 241 g/mol. The van der Waals surface area contributed by atoms with Gasteiger partial charge in [-0.15, -0.1) is 11.8 Å². The molecule has 1 aromatic carbocycles. The molecule has 92 valence electrons. The Balaban J connectivity index is 2.17. The molecule has 1 saturated heterocycles. The number of benzene rings is 1. The molecule has 1 aromatic rings. The zero-order valence-electron chi connectivity index (χ0n) is 9.28. The van der Waals surface area contributed by atoms with Crippen molar-refractivity contribution in [3.05, 3.63) is 30.1 Å². The summed E-state index contributed by atoms with van der Waals surface area (Å²) in [5, 5.41) is 12.5. The monoisotopic (exact) mass is 255 g/mol. The van der Waals surface area contributed by atoms with E-state index in [1.54, 1.807) is 12.1 Å². The summed E-state index contributed by atoms with van der Waals surface area (Å²) in [7, 11) is 0. The fourth-order valence-corrected chi connectivity index (χ4v) is 3.14. The summed E-state index contributed by atoms with van der Waals surface area (Å²) < 4.78 is 12.0. The molecule has 0 radical (unpaired) electrons. The standard InChI is InChI=1S/C12H14FNO2S/c13-9-1-3-10(4-2-9)17-12(11(15)16)5-7-14-8-6-12/h1-4,14H,5-8H2,(H,15,16). The summed E-state index contributed by atoms with van der Waals surface area (Å²) in [6, 6.07) is 5.98. The first-order chi connectivity index (χ1) is 8.12. The van der Waals surface area contributed by atoms with Crippen molar-refractivity contribution in [2.45, 2.75) is 22.5 Å². The molecule has 1 fully saturated rings. The first kappa shape index (κ1) is 12.4. The highest BCUT2D eigenvalue weighted by Crippen LogP contribution is 2.39. The summed E-state index contributed by atoms with van der Waals surface area (Å²) in [6.07, 6.45) is 1.18. The molecule has 2 N–H and O–H groups in total. The minimum atomic E-state index is -0.784. The Hall–Kier alpha value is -1.07. The number of nitrogens with one attached hydrogen (secondary N) is 1. The van der Waals surface area contributed by atoms with Gasteiger partial charge in [0.25, 0.3) is 0 Å². The summed E-state index contributed by atoms with van der Waals surface area (Å²) in [5.74, 6) is -1.09. The van der Waals surface area contributed by atoms with Crippen LogP contribution in [0.5, 0.6) is 0 Å². The molecule has 3 nitrogen and oxygen atoms in total. The third-order valence-electron chi connectivity index (χ3n) is 2.93. The van der Waals surface area contributed by atoms with Gasteiger partial charge in [-0.3, -0.25) is 4.79 Å². The third kappa shape index (κ3) is 2.79. The van der Waals surface area contributed by atoms with E-state index < -0.39 is 10.7 Å². The van der Waals surface area contributed by atoms with Crippen molar-refractivity contribution in [1.29, 1.82) is 0 Å². The Morgan fingerprint density at radius 1 is 1.29 bits per heavy atom. The topological polar surface area (TPSA) is 49.3 Å². The molecule has 0 spiro atoms. The average molecular weight is 255 g/mol. The number of rotatable bonds is 3. The number of hydrogen-bond acceptors (Lipinski definition) is 3. The van der Waals surface area contributed by atoms with E-state index >= 15 is 0 Å². The molecule has 0 unspecified atom stereocenters. The molecule has 0 bridgehead atoms. The second kappa shape index (κ2) is 5.06. The predicted octanol–water partition coefficient (Wildman–Crippen LogP) is 2.12. The minimum absolute atomic E-state index is 0.302. The van der Waals surface area contributed by atoms with Crippen molar-refractivity contribution in [3.63, 3.8) is 0 Å². The first-order valence-corrected chi connectivity index (χ1v) is 6.33. The van der Waals surface area contributed by atoms with Gasteiger partial charge in [0.2, 0.25) is 0 Å². The predicted molar refractivity (Wildman–Crippen MR) is 64.7 cm³/mol. The van der Waals surface area contributed by atoms with Crippen LogP contribution in [-0.4, -0.2) is 28.9 Å². The fourth-order valence-electron chi connectivity index (χ4n) is 1.92. The molecule has 0 aromatic heterocycles. The second-order valence-electron chi connectivity index (χ2n) is 4.11. The number of hydrogen-bond donors (Lipinski definition) is 2. The van der Waals surface area contributed by atoms with E-state index in [-0.39, 0.29) is 5.82 Å². The normalized spacial score (nSPS) is 18.9. The van der Waals surface area contributed by atoms with Crippen LogP contribution < -0.4 is 5.32 Å². The van der Waals surface area contributed by atoms with Crippen LogP contribution in [0, 0.1) is 5.82 Å². The Kier molecular flexibility index (Phi) is 3.69. The fraction of sp³-hybridized carbons (Fsp3) is 0.417.